The first-order valence-corrected chi connectivity index (χ1v) is 5.59. The van der Waals surface area contributed by atoms with Crippen LogP contribution in [0.15, 0.2) is 0 Å². The quantitative estimate of drug-likeness (QED) is 0.628. The van der Waals surface area contributed by atoms with Gasteiger partial charge in [0, 0.05) is 19.7 Å². The summed E-state index contributed by atoms with van der Waals surface area (Å²) in [6, 6.07) is 0. The van der Waals surface area contributed by atoms with Crippen LogP contribution in [0.25, 0.3) is 0 Å². The number of piperidine rings is 1. The molecule has 0 aromatic carbocycles. The van der Waals surface area contributed by atoms with Crippen LogP contribution in [-0.2, 0) is 9.53 Å². The van der Waals surface area contributed by atoms with Gasteiger partial charge in [0.1, 0.15) is 5.60 Å². The van der Waals surface area contributed by atoms with Crippen molar-refractivity contribution in [1.82, 2.24) is 4.90 Å². The largest absolute Gasteiger partial charge is 0.367 e. The summed E-state index contributed by atoms with van der Waals surface area (Å²) in [7, 11) is 0. The molecule has 0 saturated carbocycles. The van der Waals surface area contributed by atoms with Crippen molar-refractivity contribution >= 4 is 6.29 Å². The van der Waals surface area contributed by atoms with Gasteiger partial charge < -0.3 is 14.4 Å². The Morgan fingerprint density at radius 3 is 2.43 bits per heavy atom. The van der Waals surface area contributed by atoms with E-state index < -0.39 is 5.60 Å². The van der Waals surface area contributed by atoms with E-state index in [0.29, 0.717) is 6.61 Å². The third-order valence-electron chi connectivity index (χ3n) is 2.96. The number of carbonyl (C=O) groups is 1. The van der Waals surface area contributed by atoms with E-state index in [1.807, 2.05) is 0 Å². The minimum atomic E-state index is -0.471. The molecule has 82 valence electrons. The number of hydrogen-bond acceptors (Lipinski definition) is 3. The van der Waals surface area contributed by atoms with Gasteiger partial charge in [-0.3, -0.25) is 0 Å². The number of nitrogens with zero attached hydrogens (tertiary/aromatic N) is 1. The predicted molar refractivity (Wildman–Crippen MR) is 56.4 cm³/mol. The highest BCUT2D eigenvalue weighted by atomic mass is 16.5. The van der Waals surface area contributed by atoms with Crippen molar-refractivity contribution in [2.24, 2.45) is 0 Å². The summed E-state index contributed by atoms with van der Waals surface area (Å²) in [5, 5.41) is 0. The third-order valence-corrected chi connectivity index (χ3v) is 2.96. The Kier molecular flexibility index (Phi) is 4.55. The number of hydrogen-bond donors (Lipinski definition) is 0. The summed E-state index contributed by atoms with van der Waals surface area (Å²) >= 11 is 0. The summed E-state index contributed by atoms with van der Waals surface area (Å²) in [5.74, 6) is 0. The zero-order valence-corrected chi connectivity index (χ0v) is 9.29. The van der Waals surface area contributed by atoms with Gasteiger partial charge in [0.25, 0.3) is 0 Å². The van der Waals surface area contributed by atoms with E-state index in [1.165, 1.54) is 0 Å². The number of likely N-dealkylation sites (tertiary alicyclic amines) is 1. The Labute approximate surface area is 86.4 Å². The molecule has 1 heterocycles. The Balaban J connectivity index is 2.43. The lowest BCUT2D eigenvalue weighted by molar-refractivity contribution is -0.138. The van der Waals surface area contributed by atoms with Crippen molar-refractivity contribution in [1.29, 1.82) is 0 Å². The van der Waals surface area contributed by atoms with Crippen molar-refractivity contribution in [2.75, 3.05) is 26.2 Å². The van der Waals surface area contributed by atoms with Crippen LogP contribution in [0.1, 0.15) is 33.1 Å². The molecule has 0 bridgehead atoms. The van der Waals surface area contributed by atoms with Crippen LogP contribution in [0.5, 0.6) is 0 Å². The SMILES string of the molecule is CCCOC1(C=O)CCN(CC)CC1. The zero-order valence-electron chi connectivity index (χ0n) is 9.29. The highest BCUT2D eigenvalue weighted by molar-refractivity contribution is 5.62. The van der Waals surface area contributed by atoms with Crippen LogP contribution < -0.4 is 0 Å². The van der Waals surface area contributed by atoms with Crippen LogP contribution >= 0.6 is 0 Å². The first-order valence-electron chi connectivity index (χ1n) is 5.59. The summed E-state index contributed by atoms with van der Waals surface area (Å²) in [4.78, 5) is 13.4. The molecule has 0 atom stereocenters. The lowest BCUT2D eigenvalue weighted by Crippen LogP contribution is -2.47. The molecule has 1 rings (SSSR count). The average Bonchev–Trinajstić information content (AvgIpc) is 2.27. The Morgan fingerprint density at radius 1 is 1.36 bits per heavy atom. The fourth-order valence-corrected chi connectivity index (χ4v) is 1.85. The molecule has 0 aromatic rings. The smallest absolute Gasteiger partial charge is 0.151 e. The van der Waals surface area contributed by atoms with E-state index in [0.717, 1.165) is 45.2 Å². The lowest BCUT2D eigenvalue weighted by Gasteiger charge is -2.37. The lowest BCUT2D eigenvalue weighted by atomic mass is 9.92. The monoisotopic (exact) mass is 199 g/mol. The molecule has 1 fully saturated rings. The van der Waals surface area contributed by atoms with Gasteiger partial charge in [0.15, 0.2) is 6.29 Å². The maximum absolute atomic E-state index is 11.0. The van der Waals surface area contributed by atoms with Crippen LogP contribution in [0.3, 0.4) is 0 Å². The average molecular weight is 199 g/mol. The van der Waals surface area contributed by atoms with Gasteiger partial charge in [0.05, 0.1) is 0 Å². The fourth-order valence-electron chi connectivity index (χ4n) is 1.85. The number of carbonyl (C=O) groups excluding carboxylic acids is 1. The van der Waals surface area contributed by atoms with E-state index >= 15 is 0 Å². The van der Waals surface area contributed by atoms with E-state index in [1.54, 1.807) is 0 Å². The highest BCUT2D eigenvalue weighted by Crippen LogP contribution is 2.24. The van der Waals surface area contributed by atoms with Gasteiger partial charge in [0.2, 0.25) is 0 Å². The molecule has 0 unspecified atom stereocenters. The molecule has 0 amide bonds. The molecule has 3 nitrogen and oxygen atoms in total. The second kappa shape index (κ2) is 5.47. The molecule has 0 spiro atoms. The Morgan fingerprint density at radius 2 is 2.00 bits per heavy atom. The molecule has 1 aliphatic rings. The van der Waals surface area contributed by atoms with Crippen molar-refractivity contribution in [3.63, 3.8) is 0 Å². The number of ether oxygens (including phenoxy) is 1. The van der Waals surface area contributed by atoms with E-state index in [4.69, 9.17) is 4.74 Å². The molecule has 1 aliphatic heterocycles. The second-order valence-corrected chi connectivity index (χ2v) is 3.97. The van der Waals surface area contributed by atoms with Crippen LogP contribution in [0, 0.1) is 0 Å². The van der Waals surface area contributed by atoms with Crippen LogP contribution in [0.2, 0.25) is 0 Å². The Bertz CT molecular complexity index is 174. The molecule has 0 aliphatic carbocycles. The van der Waals surface area contributed by atoms with Crippen molar-refractivity contribution in [2.45, 2.75) is 38.7 Å². The predicted octanol–water partition coefficient (Wildman–Crippen LogP) is 1.47. The topological polar surface area (TPSA) is 29.5 Å². The molecular weight excluding hydrogens is 178 g/mol. The van der Waals surface area contributed by atoms with Gasteiger partial charge in [-0.15, -0.1) is 0 Å². The maximum atomic E-state index is 11.0. The van der Waals surface area contributed by atoms with Gasteiger partial charge in [-0.05, 0) is 25.8 Å². The molecule has 3 heteroatoms. The van der Waals surface area contributed by atoms with Crippen molar-refractivity contribution in [3.8, 4) is 0 Å². The maximum Gasteiger partial charge on any atom is 0.151 e. The van der Waals surface area contributed by atoms with E-state index in [9.17, 15) is 4.79 Å². The first-order chi connectivity index (χ1) is 6.76. The molecule has 1 saturated heterocycles. The zero-order chi connectivity index (χ0) is 10.4. The highest BCUT2D eigenvalue weighted by Gasteiger charge is 2.34. The minimum absolute atomic E-state index is 0.471. The summed E-state index contributed by atoms with van der Waals surface area (Å²) in [5.41, 5.74) is -0.471. The fraction of sp³-hybridized carbons (Fsp3) is 0.909. The van der Waals surface area contributed by atoms with Gasteiger partial charge >= 0.3 is 0 Å². The van der Waals surface area contributed by atoms with Crippen molar-refractivity contribution in [3.05, 3.63) is 0 Å². The summed E-state index contributed by atoms with van der Waals surface area (Å²) < 4.78 is 5.67. The molecule has 0 radical (unpaired) electrons. The number of aldehydes is 1. The standard InChI is InChI=1S/C11H21NO2/c1-3-9-14-11(10-13)5-7-12(4-2)8-6-11/h10H,3-9H2,1-2H3. The van der Waals surface area contributed by atoms with E-state index in [-0.39, 0.29) is 0 Å². The van der Waals surface area contributed by atoms with Crippen LogP contribution in [-0.4, -0.2) is 43.0 Å². The second-order valence-electron chi connectivity index (χ2n) is 3.97. The summed E-state index contributed by atoms with van der Waals surface area (Å²) in [6.45, 7) is 7.96. The number of rotatable bonds is 5. The van der Waals surface area contributed by atoms with Crippen LogP contribution in [0.4, 0.5) is 0 Å². The van der Waals surface area contributed by atoms with E-state index in [2.05, 4.69) is 18.7 Å². The van der Waals surface area contributed by atoms with Crippen molar-refractivity contribution < 1.29 is 9.53 Å². The Hall–Kier alpha value is -0.410. The van der Waals surface area contributed by atoms with Gasteiger partial charge in [-0.1, -0.05) is 13.8 Å². The first kappa shape index (κ1) is 11.7. The molecular formula is C11H21NO2. The summed E-state index contributed by atoms with van der Waals surface area (Å²) in [6.07, 6.45) is 3.69. The minimum Gasteiger partial charge on any atom is -0.367 e. The normalized spacial score (nSPS) is 22.1. The molecule has 0 N–H and O–H groups in total. The molecule has 14 heavy (non-hydrogen) atoms. The van der Waals surface area contributed by atoms with Gasteiger partial charge in [-0.25, -0.2) is 0 Å². The van der Waals surface area contributed by atoms with Gasteiger partial charge in [-0.2, -0.15) is 0 Å². The molecule has 0 aromatic heterocycles. The third kappa shape index (κ3) is 2.79.